The molecule has 0 spiro atoms. The quantitative estimate of drug-likeness (QED) is 0.596. The molecule has 23 heavy (non-hydrogen) atoms. The second-order valence-electron chi connectivity index (χ2n) is 5.47. The topological polar surface area (TPSA) is 54.9 Å². The molecule has 5 nitrogen and oxygen atoms in total. The highest BCUT2D eigenvalue weighted by Crippen LogP contribution is 2.29. The molecule has 0 fully saturated rings. The molecule has 0 amide bonds. The highest BCUT2D eigenvalue weighted by atomic mass is 19.3. The Morgan fingerprint density at radius 3 is 2.43 bits per heavy atom. The van der Waals surface area contributed by atoms with Crippen LogP contribution in [0.5, 0.6) is 11.5 Å². The number of aliphatic imine (C=N–C) groups is 1. The lowest BCUT2D eigenvalue weighted by atomic mass is 10.1. The second kappa shape index (κ2) is 9.17. The molecule has 130 valence electrons. The van der Waals surface area contributed by atoms with Gasteiger partial charge in [0.15, 0.2) is 17.5 Å². The number of benzene rings is 1. The van der Waals surface area contributed by atoms with E-state index in [2.05, 4.69) is 41.1 Å². The maximum absolute atomic E-state index is 12.4. The van der Waals surface area contributed by atoms with E-state index in [1.54, 1.807) is 19.2 Å². The molecule has 0 saturated carbocycles. The summed E-state index contributed by atoms with van der Waals surface area (Å²) in [7, 11) is 3.09. The van der Waals surface area contributed by atoms with Crippen LogP contribution in [0.15, 0.2) is 23.2 Å². The van der Waals surface area contributed by atoms with E-state index in [1.807, 2.05) is 0 Å². The van der Waals surface area contributed by atoms with Gasteiger partial charge in [-0.1, -0.05) is 19.9 Å². The Labute approximate surface area is 136 Å². The number of hydrogen-bond acceptors (Lipinski definition) is 3. The van der Waals surface area contributed by atoms with Gasteiger partial charge >= 0.3 is 6.61 Å². The van der Waals surface area contributed by atoms with Crippen molar-refractivity contribution in [2.24, 2.45) is 10.9 Å². The summed E-state index contributed by atoms with van der Waals surface area (Å²) >= 11 is 0. The van der Waals surface area contributed by atoms with Crippen molar-refractivity contribution in [3.63, 3.8) is 0 Å². The van der Waals surface area contributed by atoms with E-state index < -0.39 is 6.61 Å². The van der Waals surface area contributed by atoms with Gasteiger partial charge in [0.1, 0.15) is 0 Å². The number of nitrogens with zero attached hydrogens (tertiary/aromatic N) is 1. The molecule has 0 radical (unpaired) electrons. The molecule has 0 heterocycles. The van der Waals surface area contributed by atoms with Gasteiger partial charge < -0.3 is 20.1 Å². The molecule has 0 bridgehead atoms. The van der Waals surface area contributed by atoms with Crippen molar-refractivity contribution in [1.82, 2.24) is 10.6 Å². The minimum atomic E-state index is -2.89. The summed E-state index contributed by atoms with van der Waals surface area (Å²) in [5.74, 6) is 1.39. The summed E-state index contributed by atoms with van der Waals surface area (Å²) in [6.07, 6.45) is 0. The van der Waals surface area contributed by atoms with Crippen LogP contribution in [0.2, 0.25) is 0 Å². The first-order valence-corrected chi connectivity index (χ1v) is 7.46. The maximum atomic E-state index is 12.4. The van der Waals surface area contributed by atoms with Crippen LogP contribution >= 0.6 is 0 Å². The first-order valence-electron chi connectivity index (χ1n) is 7.46. The zero-order valence-corrected chi connectivity index (χ0v) is 14.2. The van der Waals surface area contributed by atoms with E-state index in [-0.39, 0.29) is 17.5 Å². The largest absolute Gasteiger partial charge is 0.493 e. The van der Waals surface area contributed by atoms with Gasteiger partial charge in [-0.25, -0.2) is 0 Å². The predicted molar refractivity (Wildman–Crippen MR) is 87.3 cm³/mol. The number of alkyl halides is 2. The smallest absolute Gasteiger partial charge is 0.387 e. The molecule has 2 N–H and O–H groups in total. The highest BCUT2D eigenvalue weighted by Gasteiger charge is 2.12. The SMILES string of the molecule is CN=C(NCc1ccc(OC)c(OC(F)F)c1)NC(C)C(C)C. The van der Waals surface area contributed by atoms with Gasteiger partial charge in [-0.05, 0) is 30.5 Å². The van der Waals surface area contributed by atoms with E-state index in [1.165, 1.54) is 13.2 Å². The molecular formula is C16H25F2N3O2. The molecule has 0 aliphatic heterocycles. The van der Waals surface area contributed by atoms with Crippen LogP contribution in [-0.2, 0) is 6.54 Å². The number of rotatable bonds is 7. The molecule has 1 aromatic rings. The molecule has 1 unspecified atom stereocenters. The number of ether oxygens (including phenoxy) is 2. The van der Waals surface area contributed by atoms with Crippen molar-refractivity contribution < 1.29 is 18.3 Å². The van der Waals surface area contributed by atoms with Crippen molar-refractivity contribution in [3.05, 3.63) is 23.8 Å². The standard InChI is InChI=1S/C16H25F2N3O2/c1-10(2)11(3)21-16(19-4)20-9-12-6-7-13(22-5)14(8-12)23-15(17)18/h6-8,10-11,15H,9H2,1-5H3,(H2,19,20,21). The maximum Gasteiger partial charge on any atom is 0.387 e. The number of hydrogen-bond donors (Lipinski definition) is 2. The first kappa shape index (κ1) is 19.0. The Morgan fingerprint density at radius 1 is 1.22 bits per heavy atom. The summed E-state index contributed by atoms with van der Waals surface area (Å²) in [5.41, 5.74) is 0.779. The molecule has 1 aromatic carbocycles. The summed E-state index contributed by atoms with van der Waals surface area (Å²) in [5, 5.41) is 6.41. The van der Waals surface area contributed by atoms with Crippen molar-refractivity contribution in [2.45, 2.75) is 40.0 Å². The second-order valence-corrected chi connectivity index (χ2v) is 5.47. The predicted octanol–water partition coefficient (Wildman–Crippen LogP) is 3.01. The zero-order valence-electron chi connectivity index (χ0n) is 14.2. The summed E-state index contributed by atoms with van der Waals surface area (Å²) < 4.78 is 34.4. The van der Waals surface area contributed by atoms with E-state index >= 15 is 0 Å². The first-order chi connectivity index (χ1) is 10.9. The van der Waals surface area contributed by atoms with Gasteiger partial charge in [-0.15, -0.1) is 0 Å². The van der Waals surface area contributed by atoms with Crippen LogP contribution in [0.3, 0.4) is 0 Å². The summed E-state index contributed by atoms with van der Waals surface area (Å²) in [6.45, 7) is 3.83. The van der Waals surface area contributed by atoms with Gasteiger partial charge in [0.05, 0.1) is 7.11 Å². The van der Waals surface area contributed by atoms with E-state index in [9.17, 15) is 8.78 Å². The van der Waals surface area contributed by atoms with Gasteiger partial charge in [0.2, 0.25) is 0 Å². The van der Waals surface area contributed by atoms with Gasteiger partial charge in [-0.2, -0.15) is 8.78 Å². The Kier molecular flexibility index (Phi) is 7.57. The lowest BCUT2D eigenvalue weighted by Crippen LogP contribution is -2.43. The average molecular weight is 329 g/mol. The molecule has 1 atom stereocenters. The molecular weight excluding hydrogens is 304 g/mol. The lowest BCUT2D eigenvalue weighted by Gasteiger charge is -2.21. The number of guanidine groups is 1. The van der Waals surface area contributed by atoms with E-state index in [0.29, 0.717) is 18.4 Å². The van der Waals surface area contributed by atoms with Crippen LogP contribution in [0, 0.1) is 5.92 Å². The molecule has 0 saturated heterocycles. The third-order valence-electron chi connectivity index (χ3n) is 3.49. The molecule has 0 aliphatic rings. The van der Waals surface area contributed by atoms with Crippen molar-refractivity contribution in [3.8, 4) is 11.5 Å². The average Bonchev–Trinajstić information content (AvgIpc) is 2.50. The Bertz CT molecular complexity index is 522. The van der Waals surface area contributed by atoms with Crippen LogP contribution in [0.4, 0.5) is 8.78 Å². The van der Waals surface area contributed by atoms with E-state index in [4.69, 9.17) is 4.74 Å². The molecule has 0 aliphatic carbocycles. The van der Waals surface area contributed by atoms with Crippen molar-refractivity contribution in [1.29, 1.82) is 0 Å². The number of methoxy groups -OCH3 is 1. The Balaban J connectivity index is 2.73. The zero-order chi connectivity index (χ0) is 17.4. The van der Waals surface area contributed by atoms with E-state index in [0.717, 1.165) is 5.56 Å². The number of halogens is 2. The normalized spacial score (nSPS) is 13.2. The number of nitrogens with one attached hydrogen (secondary N) is 2. The third kappa shape index (κ3) is 6.30. The molecule has 7 heteroatoms. The summed E-state index contributed by atoms with van der Waals surface area (Å²) in [4.78, 5) is 4.15. The van der Waals surface area contributed by atoms with Crippen LogP contribution < -0.4 is 20.1 Å². The van der Waals surface area contributed by atoms with Crippen molar-refractivity contribution >= 4 is 5.96 Å². The Hall–Kier alpha value is -2.05. The molecule has 1 rings (SSSR count). The Morgan fingerprint density at radius 2 is 1.91 bits per heavy atom. The minimum Gasteiger partial charge on any atom is -0.493 e. The van der Waals surface area contributed by atoms with Crippen LogP contribution in [0.1, 0.15) is 26.3 Å². The molecule has 0 aromatic heterocycles. The van der Waals surface area contributed by atoms with Crippen LogP contribution in [0.25, 0.3) is 0 Å². The third-order valence-corrected chi connectivity index (χ3v) is 3.49. The van der Waals surface area contributed by atoms with Gasteiger partial charge in [0, 0.05) is 19.6 Å². The van der Waals surface area contributed by atoms with Crippen LogP contribution in [-0.4, -0.2) is 32.8 Å². The fraction of sp³-hybridized carbons (Fsp3) is 0.562. The van der Waals surface area contributed by atoms with Gasteiger partial charge in [0.25, 0.3) is 0 Å². The fourth-order valence-electron chi connectivity index (χ4n) is 1.78. The monoisotopic (exact) mass is 329 g/mol. The highest BCUT2D eigenvalue weighted by molar-refractivity contribution is 5.79. The van der Waals surface area contributed by atoms with Gasteiger partial charge in [-0.3, -0.25) is 4.99 Å². The summed E-state index contributed by atoms with van der Waals surface area (Å²) in [6, 6.07) is 5.16. The van der Waals surface area contributed by atoms with Crippen molar-refractivity contribution in [2.75, 3.05) is 14.2 Å². The lowest BCUT2D eigenvalue weighted by molar-refractivity contribution is -0.0512. The minimum absolute atomic E-state index is 0.0142. The fourth-order valence-corrected chi connectivity index (χ4v) is 1.78.